The standard InChI is InChI=1S/C16H27N3O2/c1-13(20)10-11-19(4)16(21)17-12-15(18(2)3)14-8-6-5-7-9-14/h5-9,13,15,20H,10-12H2,1-4H3,(H,17,21). The Hall–Kier alpha value is -1.59. The highest BCUT2D eigenvalue weighted by Crippen LogP contribution is 2.16. The lowest BCUT2D eigenvalue weighted by Gasteiger charge is -2.26. The zero-order chi connectivity index (χ0) is 15.8. The smallest absolute Gasteiger partial charge is 0.317 e. The first kappa shape index (κ1) is 17.5. The number of rotatable bonds is 7. The number of likely N-dealkylation sites (N-methyl/N-ethyl adjacent to an activating group) is 1. The molecule has 2 unspecified atom stereocenters. The van der Waals surface area contributed by atoms with Crippen molar-refractivity contribution in [3.05, 3.63) is 35.9 Å². The van der Waals surface area contributed by atoms with Gasteiger partial charge in [-0.2, -0.15) is 0 Å². The van der Waals surface area contributed by atoms with Crippen LogP contribution in [-0.2, 0) is 0 Å². The number of amides is 2. The Bertz CT molecular complexity index is 421. The minimum atomic E-state index is -0.390. The number of hydrogen-bond donors (Lipinski definition) is 2. The third-order valence-electron chi connectivity index (χ3n) is 3.48. The van der Waals surface area contributed by atoms with Gasteiger partial charge in [-0.25, -0.2) is 4.79 Å². The van der Waals surface area contributed by atoms with Crippen molar-refractivity contribution in [2.24, 2.45) is 0 Å². The predicted octanol–water partition coefficient (Wildman–Crippen LogP) is 1.70. The number of nitrogens with one attached hydrogen (secondary N) is 1. The fourth-order valence-electron chi connectivity index (χ4n) is 2.07. The number of aliphatic hydroxyl groups excluding tert-OH is 1. The maximum atomic E-state index is 12.0. The average molecular weight is 293 g/mol. The molecule has 0 aliphatic carbocycles. The highest BCUT2D eigenvalue weighted by molar-refractivity contribution is 5.73. The van der Waals surface area contributed by atoms with Crippen LogP contribution in [0.15, 0.2) is 30.3 Å². The van der Waals surface area contributed by atoms with Crippen LogP contribution in [0.3, 0.4) is 0 Å². The van der Waals surface area contributed by atoms with E-state index in [9.17, 15) is 9.90 Å². The first-order valence-electron chi connectivity index (χ1n) is 7.30. The first-order chi connectivity index (χ1) is 9.91. The molecule has 1 rings (SSSR count). The highest BCUT2D eigenvalue weighted by atomic mass is 16.3. The largest absolute Gasteiger partial charge is 0.393 e. The number of benzene rings is 1. The third-order valence-corrected chi connectivity index (χ3v) is 3.48. The van der Waals surface area contributed by atoms with E-state index in [1.807, 2.05) is 32.3 Å². The Morgan fingerprint density at radius 1 is 1.24 bits per heavy atom. The summed E-state index contributed by atoms with van der Waals surface area (Å²) in [6.07, 6.45) is 0.193. The van der Waals surface area contributed by atoms with Crippen LogP contribution in [0.5, 0.6) is 0 Å². The zero-order valence-corrected chi connectivity index (χ0v) is 13.4. The second-order valence-corrected chi connectivity index (χ2v) is 5.64. The lowest BCUT2D eigenvalue weighted by atomic mass is 10.1. The maximum Gasteiger partial charge on any atom is 0.317 e. The van der Waals surface area contributed by atoms with Gasteiger partial charge >= 0.3 is 6.03 Å². The Balaban J connectivity index is 2.52. The summed E-state index contributed by atoms with van der Waals surface area (Å²) >= 11 is 0. The summed E-state index contributed by atoms with van der Waals surface area (Å²) in [6.45, 7) is 2.82. The molecule has 0 aliphatic rings. The lowest BCUT2D eigenvalue weighted by Crippen LogP contribution is -2.42. The normalized spacial score (nSPS) is 13.8. The lowest BCUT2D eigenvalue weighted by molar-refractivity contribution is 0.162. The van der Waals surface area contributed by atoms with E-state index in [1.54, 1.807) is 18.9 Å². The van der Waals surface area contributed by atoms with E-state index in [0.717, 1.165) is 0 Å². The molecule has 0 radical (unpaired) electrons. The van der Waals surface area contributed by atoms with Crippen molar-refractivity contribution in [3.8, 4) is 0 Å². The molecule has 0 saturated heterocycles. The van der Waals surface area contributed by atoms with Gasteiger partial charge in [0.05, 0.1) is 12.1 Å². The van der Waals surface area contributed by atoms with E-state index in [2.05, 4.69) is 22.3 Å². The molecule has 21 heavy (non-hydrogen) atoms. The molecular formula is C16H27N3O2. The van der Waals surface area contributed by atoms with Crippen molar-refractivity contribution in [2.45, 2.75) is 25.5 Å². The molecule has 2 atom stereocenters. The fraction of sp³-hybridized carbons (Fsp3) is 0.562. The van der Waals surface area contributed by atoms with E-state index < -0.39 is 0 Å². The summed E-state index contributed by atoms with van der Waals surface area (Å²) < 4.78 is 0. The van der Waals surface area contributed by atoms with Crippen molar-refractivity contribution in [1.29, 1.82) is 0 Å². The van der Waals surface area contributed by atoms with Crippen LogP contribution < -0.4 is 5.32 Å². The number of urea groups is 1. The number of aliphatic hydroxyl groups is 1. The van der Waals surface area contributed by atoms with Crippen LogP contribution in [0.4, 0.5) is 4.79 Å². The van der Waals surface area contributed by atoms with Crippen molar-refractivity contribution in [3.63, 3.8) is 0 Å². The van der Waals surface area contributed by atoms with Crippen LogP contribution in [0.2, 0.25) is 0 Å². The van der Waals surface area contributed by atoms with Gasteiger partial charge in [0.15, 0.2) is 0 Å². The zero-order valence-electron chi connectivity index (χ0n) is 13.4. The molecule has 0 saturated carbocycles. The molecule has 1 aromatic rings. The summed E-state index contributed by atoms with van der Waals surface area (Å²) in [6, 6.07) is 10.1. The van der Waals surface area contributed by atoms with E-state index in [0.29, 0.717) is 19.5 Å². The Morgan fingerprint density at radius 2 is 1.86 bits per heavy atom. The van der Waals surface area contributed by atoms with Gasteiger partial charge in [-0.1, -0.05) is 30.3 Å². The second-order valence-electron chi connectivity index (χ2n) is 5.64. The Kier molecular flexibility index (Phi) is 7.19. The van der Waals surface area contributed by atoms with E-state index in [4.69, 9.17) is 0 Å². The molecular weight excluding hydrogens is 266 g/mol. The minimum Gasteiger partial charge on any atom is -0.393 e. The average Bonchev–Trinajstić information content (AvgIpc) is 2.45. The van der Waals surface area contributed by atoms with Crippen molar-refractivity contribution >= 4 is 6.03 Å². The number of carbonyl (C=O) groups is 1. The Morgan fingerprint density at radius 3 is 2.38 bits per heavy atom. The van der Waals surface area contributed by atoms with Crippen molar-refractivity contribution in [2.75, 3.05) is 34.2 Å². The molecule has 1 aromatic carbocycles. The van der Waals surface area contributed by atoms with E-state index in [-0.39, 0.29) is 18.2 Å². The monoisotopic (exact) mass is 293 g/mol. The van der Waals surface area contributed by atoms with Gasteiger partial charge in [-0.05, 0) is 33.0 Å². The molecule has 5 nitrogen and oxygen atoms in total. The van der Waals surface area contributed by atoms with Crippen LogP contribution in [0, 0.1) is 0 Å². The quantitative estimate of drug-likeness (QED) is 0.804. The molecule has 0 aliphatic heterocycles. The fourth-order valence-corrected chi connectivity index (χ4v) is 2.07. The maximum absolute atomic E-state index is 12.0. The van der Waals surface area contributed by atoms with Crippen LogP contribution in [0.25, 0.3) is 0 Å². The van der Waals surface area contributed by atoms with E-state index >= 15 is 0 Å². The van der Waals surface area contributed by atoms with Crippen molar-refractivity contribution < 1.29 is 9.90 Å². The molecule has 0 spiro atoms. The number of hydrogen-bond acceptors (Lipinski definition) is 3. The predicted molar refractivity (Wildman–Crippen MR) is 85.2 cm³/mol. The molecule has 5 heteroatoms. The molecule has 0 bridgehead atoms. The van der Waals surface area contributed by atoms with E-state index in [1.165, 1.54) is 5.56 Å². The molecule has 2 N–H and O–H groups in total. The van der Waals surface area contributed by atoms with Gasteiger partial charge in [0.25, 0.3) is 0 Å². The molecule has 118 valence electrons. The summed E-state index contributed by atoms with van der Waals surface area (Å²) in [5.41, 5.74) is 1.18. The molecule has 0 aromatic heterocycles. The van der Waals surface area contributed by atoms with Crippen LogP contribution >= 0.6 is 0 Å². The van der Waals surface area contributed by atoms with Gasteiger partial charge in [-0.15, -0.1) is 0 Å². The topological polar surface area (TPSA) is 55.8 Å². The van der Waals surface area contributed by atoms with Gasteiger partial charge in [0.2, 0.25) is 0 Å². The van der Waals surface area contributed by atoms with Crippen LogP contribution in [0.1, 0.15) is 24.9 Å². The molecule has 0 heterocycles. The van der Waals surface area contributed by atoms with Gasteiger partial charge in [-0.3, -0.25) is 0 Å². The molecule has 0 fully saturated rings. The van der Waals surface area contributed by atoms with Crippen molar-refractivity contribution in [1.82, 2.24) is 15.1 Å². The second kappa shape index (κ2) is 8.64. The van der Waals surface area contributed by atoms with Crippen LogP contribution in [-0.4, -0.2) is 61.3 Å². The number of carbonyl (C=O) groups excluding carboxylic acids is 1. The van der Waals surface area contributed by atoms with Gasteiger partial charge < -0.3 is 20.2 Å². The summed E-state index contributed by atoms with van der Waals surface area (Å²) in [5.74, 6) is 0. The van der Waals surface area contributed by atoms with Gasteiger partial charge in [0.1, 0.15) is 0 Å². The summed E-state index contributed by atoms with van der Waals surface area (Å²) in [7, 11) is 5.74. The van der Waals surface area contributed by atoms with Gasteiger partial charge in [0, 0.05) is 20.1 Å². The SMILES string of the molecule is CC(O)CCN(C)C(=O)NCC(c1ccccc1)N(C)C. The summed E-state index contributed by atoms with van der Waals surface area (Å²) in [5, 5.41) is 12.2. The number of nitrogens with zero attached hydrogens (tertiary/aromatic N) is 2. The minimum absolute atomic E-state index is 0.113. The summed E-state index contributed by atoms with van der Waals surface area (Å²) in [4.78, 5) is 15.7. The Labute approximate surface area is 127 Å². The molecule has 2 amide bonds. The first-order valence-corrected chi connectivity index (χ1v) is 7.30. The highest BCUT2D eigenvalue weighted by Gasteiger charge is 2.16. The third kappa shape index (κ3) is 6.14.